The van der Waals surface area contributed by atoms with Crippen LogP contribution in [0.2, 0.25) is 5.02 Å². The Morgan fingerprint density at radius 1 is 1.50 bits per heavy atom. The zero-order valence-corrected chi connectivity index (χ0v) is 10.9. The van der Waals surface area contributed by atoms with Crippen LogP contribution < -0.4 is 17.0 Å². The van der Waals surface area contributed by atoms with E-state index in [1.165, 1.54) is 0 Å². The van der Waals surface area contributed by atoms with Crippen molar-refractivity contribution < 1.29 is 0 Å². The fraction of sp³-hybridized carbons (Fsp3) is 0.250. The van der Waals surface area contributed by atoms with Gasteiger partial charge in [0.1, 0.15) is 0 Å². The van der Waals surface area contributed by atoms with Crippen LogP contribution in [-0.4, -0.2) is 9.78 Å². The Morgan fingerprint density at radius 3 is 2.83 bits per heavy atom. The number of hydrogen-bond donors (Lipinski definition) is 3. The van der Waals surface area contributed by atoms with Gasteiger partial charge in [-0.15, -0.1) is 0 Å². The molecule has 5 N–H and O–H groups in total. The van der Waals surface area contributed by atoms with Gasteiger partial charge in [-0.2, -0.15) is 5.10 Å². The highest BCUT2D eigenvalue weighted by atomic mass is 35.5. The van der Waals surface area contributed by atoms with E-state index in [1.54, 1.807) is 16.8 Å². The lowest BCUT2D eigenvalue weighted by atomic mass is 10.00. The van der Waals surface area contributed by atoms with Gasteiger partial charge >= 0.3 is 0 Å². The van der Waals surface area contributed by atoms with Crippen LogP contribution in [-0.2, 0) is 13.5 Å². The predicted octanol–water partition coefficient (Wildman–Crippen LogP) is 1.40. The highest BCUT2D eigenvalue weighted by Crippen LogP contribution is 2.25. The fourth-order valence-corrected chi connectivity index (χ4v) is 2.12. The minimum atomic E-state index is -0.0635. The molecular formula is C12H16ClN5. The summed E-state index contributed by atoms with van der Waals surface area (Å²) >= 11 is 5.88. The monoisotopic (exact) mass is 265 g/mol. The van der Waals surface area contributed by atoms with Gasteiger partial charge in [-0.05, 0) is 29.7 Å². The first kappa shape index (κ1) is 12.9. The van der Waals surface area contributed by atoms with Gasteiger partial charge in [0.15, 0.2) is 0 Å². The number of anilines is 1. The van der Waals surface area contributed by atoms with E-state index in [2.05, 4.69) is 10.5 Å². The Labute approximate surface area is 111 Å². The van der Waals surface area contributed by atoms with Crippen LogP contribution in [0.5, 0.6) is 0 Å². The maximum Gasteiger partial charge on any atom is 0.0522 e. The largest absolute Gasteiger partial charge is 0.398 e. The van der Waals surface area contributed by atoms with Gasteiger partial charge < -0.3 is 5.73 Å². The molecule has 0 aliphatic rings. The molecule has 2 aromatic rings. The zero-order chi connectivity index (χ0) is 13.1. The summed E-state index contributed by atoms with van der Waals surface area (Å²) < 4.78 is 1.76. The predicted molar refractivity (Wildman–Crippen MR) is 72.8 cm³/mol. The van der Waals surface area contributed by atoms with Crippen molar-refractivity contribution in [2.24, 2.45) is 12.9 Å². The number of benzene rings is 1. The van der Waals surface area contributed by atoms with Crippen LogP contribution in [0.3, 0.4) is 0 Å². The Morgan fingerprint density at radius 2 is 2.28 bits per heavy atom. The normalized spacial score (nSPS) is 12.6. The van der Waals surface area contributed by atoms with Crippen molar-refractivity contribution in [2.45, 2.75) is 12.5 Å². The first-order chi connectivity index (χ1) is 8.60. The first-order valence-electron chi connectivity index (χ1n) is 5.58. The highest BCUT2D eigenvalue weighted by Gasteiger charge is 2.14. The van der Waals surface area contributed by atoms with Gasteiger partial charge in [-0.3, -0.25) is 16.0 Å². The number of hydrogen-bond acceptors (Lipinski definition) is 4. The third kappa shape index (κ3) is 2.81. The third-order valence-corrected chi connectivity index (χ3v) is 3.06. The number of halogens is 1. The average molecular weight is 266 g/mol. The molecule has 1 heterocycles. The second-order valence-corrected chi connectivity index (χ2v) is 4.66. The third-order valence-electron chi connectivity index (χ3n) is 2.82. The summed E-state index contributed by atoms with van der Waals surface area (Å²) in [5.41, 5.74) is 11.4. The van der Waals surface area contributed by atoms with Crippen LogP contribution in [0.1, 0.15) is 17.2 Å². The number of nitrogens with zero attached hydrogens (tertiary/aromatic N) is 2. The van der Waals surface area contributed by atoms with Gasteiger partial charge in [-0.1, -0.05) is 17.7 Å². The van der Waals surface area contributed by atoms with Crippen LogP contribution in [0.25, 0.3) is 0 Å². The van der Waals surface area contributed by atoms with Gasteiger partial charge in [0.2, 0.25) is 0 Å². The molecule has 6 heteroatoms. The van der Waals surface area contributed by atoms with Crippen LogP contribution in [0.15, 0.2) is 30.6 Å². The van der Waals surface area contributed by atoms with Crippen molar-refractivity contribution in [1.29, 1.82) is 0 Å². The second kappa shape index (κ2) is 5.39. The molecule has 0 saturated heterocycles. The SMILES string of the molecule is Cn1cc(CC(NN)c2ccc(Cl)cc2N)cn1. The number of rotatable bonds is 4. The molecule has 1 atom stereocenters. The van der Waals surface area contributed by atoms with Gasteiger partial charge in [0.25, 0.3) is 0 Å². The van der Waals surface area contributed by atoms with Gasteiger partial charge in [0, 0.05) is 24.0 Å². The van der Waals surface area contributed by atoms with Crippen molar-refractivity contribution in [1.82, 2.24) is 15.2 Å². The summed E-state index contributed by atoms with van der Waals surface area (Å²) in [7, 11) is 1.88. The lowest BCUT2D eigenvalue weighted by Gasteiger charge is -2.17. The molecule has 2 rings (SSSR count). The molecule has 0 aliphatic carbocycles. The standard InChI is InChI=1S/C12H16ClN5/c1-18-7-8(6-16-18)4-12(17-15)10-3-2-9(13)5-11(10)14/h2-3,5-7,12,17H,4,14-15H2,1H3. The Hall–Kier alpha value is -1.56. The summed E-state index contributed by atoms with van der Waals surface area (Å²) in [6.07, 6.45) is 4.49. The molecule has 18 heavy (non-hydrogen) atoms. The van der Waals surface area contributed by atoms with Crippen molar-refractivity contribution in [3.8, 4) is 0 Å². The summed E-state index contributed by atoms with van der Waals surface area (Å²) in [6, 6.07) is 5.36. The number of nitrogens with two attached hydrogens (primary N) is 2. The molecule has 5 nitrogen and oxygen atoms in total. The van der Waals surface area contributed by atoms with Gasteiger partial charge in [-0.25, -0.2) is 0 Å². The van der Waals surface area contributed by atoms with Crippen molar-refractivity contribution in [3.63, 3.8) is 0 Å². The van der Waals surface area contributed by atoms with E-state index in [0.29, 0.717) is 10.7 Å². The maximum absolute atomic E-state index is 5.96. The molecule has 1 aromatic heterocycles. The molecule has 0 fully saturated rings. The number of nitrogen functional groups attached to an aromatic ring is 1. The lowest BCUT2D eigenvalue weighted by molar-refractivity contribution is 0.553. The van der Waals surface area contributed by atoms with Crippen molar-refractivity contribution in [2.75, 3.05) is 5.73 Å². The van der Waals surface area contributed by atoms with Crippen LogP contribution >= 0.6 is 11.6 Å². The molecule has 0 saturated carbocycles. The van der Waals surface area contributed by atoms with E-state index >= 15 is 0 Å². The molecular weight excluding hydrogens is 250 g/mol. The smallest absolute Gasteiger partial charge is 0.0522 e. The van der Waals surface area contributed by atoms with Crippen LogP contribution in [0, 0.1) is 0 Å². The molecule has 1 unspecified atom stereocenters. The summed E-state index contributed by atoms with van der Waals surface area (Å²) in [6.45, 7) is 0. The zero-order valence-electron chi connectivity index (χ0n) is 10.1. The summed E-state index contributed by atoms with van der Waals surface area (Å²) in [4.78, 5) is 0. The van der Waals surface area contributed by atoms with Gasteiger partial charge in [0.05, 0.1) is 12.2 Å². The molecule has 96 valence electrons. The molecule has 0 radical (unpaired) electrons. The quantitative estimate of drug-likeness (QED) is 0.443. The average Bonchev–Trinajstić information content (AvgIpc) is 2.72. The number of aromatic nitrogens is 2. The first-order valence-corrected chi connectivity index (χ1v) is 5.96. The minimum Gasteiger partial charge on any atom is -0.398 e. The Bertz CT molecular complexity index is 537. The number of hydrazine groups is 1. The highest BCUT2D eigenvalue weighted by molar-refractivity contribution is 6.30. The van der Waals surface area contributed by atoms with E-state index in [1.807, 2.05) is 25.5 Å². The van der Waals surface area contributed by atoms with Crippen molar-refractivity contribution >= 4 is 17.3 Å². The summed E-state index contributed by atoms with van der Waals surface area (Å²) in [5, 5.41) is 4.75. The summed E-state index contributed by atoms with van der Waals surface area (Å²) in [5.74, 6) is 5.60. The Balaban J connectivity index is 2.22. The molecule has 1 aromatic carbocycles. The van der Waals surface area contributed by atoms with E-state index in [0.717, 1.165) is 17.5 Å². The molecule has 0 aliphatic heterocycles. The van der Waals surface area contributed by atoms with E-state index in [4.69, 9.17) is 23.2 Å². The van der Waals surface area contributed by atoms with Crippen molar-refractivity contribution in [3.05, 3.63) is 46.7 Å². The molecule has 0 spiro atoms. The van der Waals surface area contributed by atoms with E-state index in [9.17, 15) is 0 Å². The minimum absolute atomic E-state index is 0.0635. The lowest BCUT2D eigenvalue weighted by Crippen LogP contribution is -2.30. The van der Waals surface area contributed by atoms with E-state index < -0.39 is 0 Å². The fourth-order valence-electron chi connectivity index (χ4n) is 1.93. The topological polar surface area (TPSA) is 81.9 Å². The van der Waals surface area contributed by atoms with Crippen LogP contribution in [0.4, 0.5) is 5.69 Å². The maximum atomic E-state index is 5.96. The number of nitrogens with one attached hydrogen (secondary N) is 1. The Kier molecular flexibility index (Phi) is 3.86. The molecule has 0 amide bonds. The number of aryl methyl sites for hydroxylation is 1. The van der Waals surface area contributed by atoms with E-state index in [-0.39, 0.29) is 6.04 Å². The molecule has 0 bridgehead atoms. The second-order valence-electron chi connectivity index (χ2n) is 4.22.